The molecule has 0 aliphatic carbocycles. The lowest BCUT2D eigenvalue weighted by molar-refractivity contribution is -0.384. The molecular formula is C18H32O14. The van der Waals surface area contributed by atoms with Crippen LogP contribution >= 0.6 is 0 Å². The van der Waals surface area contributed by atoms with E-state index in [4.69, 9.17) is 23.7 Å². The van der Waals surface area contributed by atoms with Gasteiger partial charge in [0.15, 0.2) is 18.9 Å². The van der Waals surface area contributed by atoms with Crippen LogP contribution < -0.4 is 0 Å². The molecular weight excluding hydrogens is 440 g/mol. The molecule has 3 heterocycles. The van der Waals surface area contributed by atoms with E-state index in [1.54, 1.807) is 0 Å². The first-order valence-corrected chi connectivity index (χ1v) is 10.3. The summed E-state index contributed by atoms with van der Waals surface area (Å²) in [6, 6.07) is 0. The summed E-state index contributed by atoms with van der Waals surface area (Å²) in [5.74, 6) is 0. The highest BCUT2D eigenvalue weighted by molar-refractivity contribution is 4.95. The van der Waals surface area contributed by atoms with Crippen LogP contribution in [0.3, 0.4) is 0 Å². The Kier molecular flexibility index (Phi) is 8.44. The van der Waals surface area contributed by atoms with Crippen LogP contribution in [0.5, 0.6) is 0 Å². The third-order valence-corrected chi connectivity index (χ3v) is 6.01. The largest absolute Gasteiger partial charge is 0.394 e. The lowest BCUT2D eigenvalue weighted by atomic mass is 9.96. The predicted octanol–water partition coefficient (Wildman–Crippen LogP) is -5.52. The number of hydrogen-bond donors (Lipinski definition) is 9. The first-order valence-electron chi connectivity index (χ1n) is 10.3. The topological polar surface area (TPSA) is 228 Å². The Hall–Kier alpha value is -0.560. The van der Waals surface area contributed by atoms with Crippen LogP contribution in [-0.4, -0.2) is 145 Å². The third-order valence-electron chi connectivity index (χ3n) is 6.01. The van der Waals surface area contributed by atoms with Crippen molar-refractivity contribution in [3.8, 4) is 0 Å². The maximum absolute atomic E-state index is 10.6. The Morgan fingerprint density at radius 1 is 0.562 bits per heavy atom. The second kappa shape index (κ2) is 10.4. The van der Waals surface area contributed by atoms with Crippen LogP contribution in [-0.2, 0) is 23.7 Å². The minimum absolute atomic E-state index is 0.712. The molecule has 0 spiro atoms. The van der Waals surface area contributed by atoms with Crippen molar-refractivity contribution in [2.24, 2.45) is 0 Å². The van der Waals surface area contributed by atoms with Crippen LogP contribution in [0.15, 0.2) is 0 Å². The van der Waals surface area contributed by atoms with Crippen molar-refractivity contribution in [3.05, 3.63) is 0 Å². The van der Waals surface area contributed by atoms with Crippen molar-refractivity contribution in [3.63, 3.8) is 0 Å². The molecule has 3 aliphatic heterocycles. The zero-order valence-electron chi connectivity index (χ0n) is 17.4. The van der Waals surface area contributed by atoms with Gasteiger partial charge < -0.3 is 69.6 Å². The highest BCUT2D eigenvalue weighted by Crippen LogP contribution is 2.32. The van der Waals surface area contributed by atoms with Crippen molar-refractivity contribution in [1.82, 2.24) is 0 Å². The Labute approximate surface area is 183 Å². The molecule has 32 heavy (non-hydrogen) atoms. The zero-order valence-corrected chi connectivity index (χ0v) is 17.4. The molecule has 3 saturated heterocycles. The normalized spacial score (nSPS) is 55.0. The van der Waals surface area contributed by atoms with E-state index in [2.05, 4.69) is 0 Å². The monoisotopic (exact) mass is 472 g/mol. The van der Waals surface area contributed by atoms with Gasteiger partial charge in [0.25, 0.3) is 0 Å². The number of hydrogen-bond acceptors (Lipinski definition) is 14. The molecule has 14 heteroatoms. The summed E-state index contributed by atoms with van der Waals surface area (Å²) in [4.78, 5) is 0. The Morgan fingerprint density at radius 3 is 1.78 bits per heavy atom. The molecule has 0 aromatic rings. The third kappa shape index (κ3) is 4.94. The summed E-state index contributed by atoms with van der Waals surface area (Å²) >= 11 is 0. The van der Waals surface area contributed by atoms with Crippen molar-refractivity contribution < 1.29 is 69.6 Å². The van der Waals surface area contributed by atoms with Gasteiger partial charge in [-0.05, 0) is 13.8 Å². The molecule has 0 bridgehead atoms. The summed E-state index contributed by atoms with van der Waals surface area (Å²) in [7, 11) is 0. The predicted molar refractivity (Wildman–Crippen MR) is 98.4 cm³/mol. The van der Waals surface area contributed by atoms with Crippen molar-refractivity contribution >= 4 is 0 Å². The van der Waals surface area contributed by atoms with Crippen LogP contribution in [0.2, 0.25) is 0 Å². The minimum atomic E-state index is -1.74. The van der Waals surface area contributed by atoms with E-state index in [-0.39, 0.29) is 0 Å². The molecule has 3 fully saturated rings. The first-order chi connectivity index (χ1) is 15.0. The van der Waals surface area contributed by atoms with Gasteiger partial charge in [0.2, 0.25) is 0 Å². The second-order valence-electron chi connectivity index (χ2n) is 8.30. The lowest BCUT2D eigenvalue weighted by Crippen LogP contribution is -2.66. The maximum Gasteiger partial charge on any atom is 0.187 e. The Balaban J connectivity index is 1.81. The van der Waals surface area contributed by atoms with Crippen LogP contribution in [0.1, 0.15) is 13.8 Å². The van der Waals surface area contributed by atoms with E-state index in [9.17, 15) is 46.0 Å². The first kappa shape index (κ1) is 26.1. The molecule has 188 valence electrons. The van der Waals surface area contributed by atoms with Gasteiger partial charge >= 0.3 is 0 Å². The van der Waals surface area contributed by atoms with Gasteiger partial charge in [0.1, 0.15) is 61.0 Å². The molecule has 0 amide bonds. The summed E-state index contributed by atoms with van der Waals surface area (Å²) in [6.07, 6.45) is -22.5. The highest BCUT2D eigenvalue weighted by atomic mass is 16.8. The van der Waals surface area contributed by atoms with Crippen LogP contribution in [0.25, 0.3) is 0 Å². The van der Waals surface area contributed by atoms with Gasteiger partial charge in [-0.1, -0.05) is 0 Å². The fraction of sp³-hybridized carbons (Fsp3) is 1.00. The SMILES string of the molecule is C[C@@H]1O[C@@H](O[C@H]2[C@H](O[C@@H]3[C@@H](O)[C@@H](O)C(O)O[C@H]3C)O[C@H](CO)[C@H](O)[C@@H]2O)[C@H](O)[C@H](O)[C@H]1O. The summed E-state index contributed by atoms with van der Waals surface area (Å²) in [6.45, 7) is 2.14. The fourth-order valence-corrected chi connectivity index (χ4v) is 3.96. The van der Waals surface area contributed by atoms with Crippen molar-refractivity contribution in [1.29, 1.82) is 0 Å². The summed E-state index contributed by atoms with van der Waals surface area (Å²) < 4.78 is 27.2. The van der Waals surface area contributed by atoms with Gasteiger partial charge in [0, 0.05) is 0 Å². The van der Waals surface area contributed by atoms with Gasteiger partial charge in [0.05, 0.1) is 18.8 Å². The minimum Gasteiger partial charge on any atom is -0.394 e. The van der Waals surface area contributed by atoms with Gasteiger partial charge in [-0.25, -0.2) is 0 Å². The number of aliphatic hydroxyl groups is 9. The van der Waals surface area contributed by atoms with Crippen molar-refractivity contribution in [2.45, 2.75) is 106 Å². The molecule has 1 unspecified atom stereocenters. The molecule has 0 radical (unpaired) electrons. The maximum atomic E-state index is 10.6. The standard InChI is InChI=1S/C18H32O14/c1-4-7(20)9(22)13(26)17(29-4)32-15-10(23)8(21)6(3-19)30-18(15)31-14-5(2)28-16(27)12(25)11(14)24/h4-27H,3H2,1-2H3/t4-,5-,6+,7-,8-,9+,10-,11-,12+,13+,14-,15+,16?,17-,18-/m0/s1. The van der Waals surface area contributed by atoms with Gasteiger partial charge in [-0.3, -0.25) is 0 Å². The average Bonchev–Trinajstić information content (AvgIpc) is 2.76. The summed E-state index contributed by atoms with van der Waals surface area (Å²) in [5.41, 5.74) is 0. The van der Waals surface area contributed by atoms with Crippen LogP contribution in [0.4, 0.5) is 0 Å². The second-order valence-corrected chi connectivity index (χ2v) is 8.30. The molecule has 0 aromatic carbocycles. The highest BCUT2D eigenvalue weighted by Gasteiger charge is 2.52. The van der Waals surface area contributed by atoms with Gasteiger partial charge in [-0.15, -0.1) is 0 Å². The quantitative estimate of drug-likeness (QED) is 0.182. The van der Waals surface area contributed by atoms with E-state index in [0.717, 1.165) is 0 Å². The molecule has 9 N–H and O–H groups in total. The zero-order chi connectivity index (χ0) is 23.9. The molecule has 0 saturated carbocycles. The molecule has 15 atom stereocenters. The van der Waals surface area contributed by atoms with E-state index >= 15 is 0 Å². The average molecular weight is 472 g/mol. The van der Waals surface area contributed by atoms with Crippen molar-refractivity contribution in [2.75, 3.05) is 6.61 Å². The molecule has 14 nitrogen and oxygen atoms in total. The summed E-state index contributed by atoms with van der Waals surface area (Å²) in [5, 5.41) is 90.2. The van der Waals surface area contributed by atoms with E-state index < -0.39 is 98.7 Å². The number of ether oxygens (including phenoxy) is 5. The van der Waals surface area contributed by atoms with Gasteiger partial charge in [-0.2, -0.15) is 0 Å². The molecule has 3 aliphatic rings. The van der Waals surface area contributed by atoms with E-state index in [0.29, 0.717) is 0 Å². The Morgan fingerprint density at radius 2 is 1.16 bits per heavy atom. The fourth-order valence-electron chi connectivity index (χ4n) is 3.96. The Bertz CT molecular complexity index is 610. The lowest BCUT2D eigenvalue weighted by Gasteiger charge is -2.48. The van der Waals surface area contributed by atoms with E-state index in [1.165, 1.54) is 13.8 Å². The number of aliphatic hydroxyl groups excluding tert-OH is 9. The smallest absolute Gasteiger partial charge is 0.187 e. The van der Waals surface area contributed by atoms with Crippen LogP contribution in [0, 0.1) is 0 Å². The van der Waals surface area contributed by atoms with E-state index in [1.807, 2.05) is 0 Å². The number of rotatable bonds is 5. The molecule has 0 aromatic heterocycles. The molecule has 3 rings (SSSR count).